The van der Waals surface area contributed by atoms with Gasteiger partial charge in [-0.15, -0.1) is 0 Å². The first-order valence-corrected chi connectivity index (χ1v) is 13.1. The number of nitrogens with zero attached hydrogens (tertiary/aromatic N) is 5. The number of para-hydroxylation sites is 1. The minimum Gasteiger partial charge on any atom is -0.407 e. The number of rotatable bonds is 5. The van der Waals surface area contributed by atoms with E-state index in [-0.39, 0.29) is 17.5 Å². The second-order valence-electron chi connectivity index (χ2n) is 11.1. The molecule has 10 nitrogen and oxygen atoms in total. The molecule has 1 saturated carbocycles. The number of nitriles is 1. The van der Waals surface area contributed by atoms with Gasteiger partial charge in [-0.3, -0.25) is 9.78 Å². The average Bonchev–Trinajstić information content (AvgIpc) is 3.30. The molecule has 202 valence electrons. The van der Waals surface area contributed by atoms with Crippen LogP contribution in [-0.4, -0.2) is 38.9 Å². The van der Waals surface area contributed by atoms with Gasteiger partial charge in [-0.25, -0.2) is 9.78 Å². The number of pyridine rings is 2. The fraction of sp³-hybridized carbons (Fsp3) is 0.414. The third-order valence-corrected chi connectivity index (χ3v) is 7.33. The van der Waals surface area contributed by atoms with E-state index in [0.29, 0.717) is 27.8 Å². The Morgan fingerprint density at radius 1 is 1.21 bits per heavy atom. The topological polar surface area (TPSA) is 130 Å². The summed E-state index contributed by atoms with van der Waals surface area (Å²) in [6.07, 6.45) is 3.34. The van der Waals surface area contributed by atoms with E-state index in [1.165, 1.54) is 0 Å². The van der Waals surface area contributed by atoms with Crippen LogP contribution in [0.3, 0.4) is 0 Å². The molecule has 1 aromatic carbocycles. The molecule has 3 heterocycles. The number of benzene rings is 1. The molecular formula is C29H32N6O4. The number of nitrogens with one attached hydrogen (secondary N) is 1. The van der Waals surface area contributed by atoms with Crippen LogP contribution in [0.25, 0.3) is 22.1 Å². The molecule has 0 amide bonds. The number of aromatic nitrogens is 3. The maximum Gasteiger partial charge on any atom is 0.417 e. The van der Waals surface area contributed by atoms with Gasteiger partial charge in [0.05, 0.1) is 22.4 Å². The van der Waals surface area contributed by atoms with Crippen molar-refractivity contribution in [1.82, 2.24) is 14.5 Å². The van der Waals surface area contributed by atoms with Crippen molar-refractivity contribution in [1.29, 1.82) is 5.26 Å². The van der Waals surface area contributed by atoms with Gasteiger partial charge in [0, 0.05) is 37.7 Å². The fourth-order valence-electron chi connectivity index (χ4n) is 5.28. The maximum absolute atomic E-state index is 12.7. The van der Waals surface area contributed by atoms with Gasteiger partial charge in [-0.1, -0.05) is 11.2 Å². The number of hydrogen-bond acceptors (Lipinski definition) is 8. The number of aromatic amines is 1. The molecule has 1 fully saturated rings. The monoisotopic (exact) mass is 528 g/mol. The maximum atomic E-state index is 12.7. The third kappa shape index (κ3) is 5.17. The van der Waals surface area contributed by atoms with Gasteiger partial charge in [0.1, 0.15) is 22.9 Å². The van der Waals surface area contributed by atoms with Crippen LogP contribution in [0.5, 0.6) is 0 Å². The van der Waals surface area contributed by atoms with Gasteiger partial charge in [0.25, 0.3) is 5.56 Å². The minimum atomic E-state index is -0.506. The molecule has 4 aromatic rings. The number of hydrogen-bond donors (Lipinski definition) is 1. The van der Waals surface area contributed by atoms with Crippen LogP contribution in [0, 0.1) is 17.2 Å². The van der Waals surface area contributed by atoms with E-state index in [2.05, 4.69) is 26.1 Å². The second-order valence-corrected chi connectivity index (χ2v) is 11.1. The lowest BCUT2D eigenvalue weighted by Crippen LogP contribution is -2.38. The smallest absolute Gasteiger partial charge is 0.407 e. The molecule has 0 bridgehead atoms. The van der Waals surface area contributed by atoms with Crippen molar-refractivity contribution in [3.05, 3.63) is 68.6 Å². The summed E-state index contributed by atoms with van der Waals surface area (Å²) in [6, 6.07) is 12.8. The van der Waals surface area contributed by atoms with Gasteiger partial charge in [0.2, 0.25) is 0 Å². The highest BCUT2D eigenvalue weighted by Gasteiger charge is 2.31. The minimum absolute atomic E-state index is 0.0894. The quantitative estimate of drug-likeness (QED) is 0.299. The molecule has 0 saturated heterocycles. The fourth-order valence-corrected chi connectivity index (χ4v) is 5.28. The van der Waals surface area contributed by atoms with Gasteiger partial charge >= 0.3 is 5.76 Å². The molecule has 0 atom stereocenters. The molecule has 5 rings (SSSR count). The first-order chi connectivity index (χ1) is 18.6. The zero-order chi connectivity index (χ0) is 27.9. The van der Waals surface area contributed by atoms with E-state index in [9.17, 15) is 14.9 Å². The van der Waals surface area contributed by atoms with Crippen LogP contribution < -0.4 is 16.2 Å². The summed E-state index contributed by atoms with van der Waals surface area (Å²) in [5.41, 5.74) is 4.35. The first-order valence-electron chi connectivity index (χ1n) is 13.1. The Bertz CT molecular complexity index is 1730. The lowest BCUT2D eigenvalue weighted by atomic mass is 9.80. The van der Waals surface area contributed by atoms with Crippen molar-refractivity contribution in [2.75, 3.05) is 11.9 Å². The molecule has 0 spiro atoms. The lowest BCUT2D eigenvalue weighted by Gasteiger charge is -2.36. The summed E-state index contributed by atoms with van der Waals surface area (Å²) in [6.45, 7) is 5.82. The molecular weight excluding hydrogens is 496 g/mol. The summed E-state index contributed by atoms with van der Waals surface area (Å²) in [7, 11) is 3.69. The molecule has 1 N–H and O–H groups in total. The number of anilines is 1. The van der Waals surface area contributed by atoms with E-state index >= 15 is 0 Å². The number of oxazole rings is 1. The highest BCUT2D eigenvalue weighted by molar-refractivity contribution is 6.09. The summed E-state index contributed by atoms with van der Waals surface area (Å²) in [5.74, 6) is -0.417. The van der Waals surface area contributed by atoms with Gasteiger partial charge in [-0.05, 0) is 70.7 Å². The normalized spacial score (nSPS) is 18.3. The van der Waals surface area contributed by atoms with Gasteiger partial charge in [-0.2, -0.15) is 5.26 Å². The van der Waals surface area contributed by atoms with Crippen LogP contribution in [-0.2, 0) is 11.9 Å². The van der Waals surface area contributed by atoms with Crippen molar-refractivity contribution < 1.29 is 9.25 Å². The number of aryl methyl sites for hydroxylation is 1. The Morgan fingerprint density at radius 3 is 2.64 bits per heavy atom. The van der Waals surface area contributed by atoms with E-state index in [0.717, 1.165) is 42.6 Å². The van der Waals surface area contributed by atoms with Crippen molar-refractivity contribution in [3.63, 3.8) is 0 Å². The van der Waals surface area contributed by atoms with Gasteiger partial charge < -0.3 is 18.7 Å². The number of fused-ring (bicyclic) bond motifs is 2. The van der Waals surface area contributed by atoms with Gasteiger partial charge in [0.15, 0.2) is 5.58 Å². The predicted octanol–water partition coefficient (Wildman–Crippen LogP) is 4.45. The van der Waals surface area contributed by atoms with Crippen LogP contribution in [0.15, 0.2) is 55.6 Å². The second kappa shape index (κ2) is 10.1. The SMILES string of the molecule is CN(c1cc(=O)n(C)c2ccc(C#N)nc12)C1CCC(/C(=N/OC(C)(C)C)c2cccc3[nH]c(=O)oc23)CC1. The van der Waals surface area contributed by atoms with E-state index < -0.39 is 11.4 Å². The molecule has 0 aliphatic heterocycles. The highest BCUT2D eigenvalue weighted by Crippen LogP contribution is 2.35. The summed E-state index contributed by atoms with van der Waals surface area (Å²) >= 11 is 0. The van der Waals surface area contributed by atoms with E-state index in [4.69, 9.17) is 9.25 Å². The number of oxime groups is 1. The summed E-state index contributed by atoms with van der Waals surface area (Å²) in [5, 5.41) is 14.0. The Balaban J connectivity index is 1.45. The Kier molecular flexibility index (Phi) is 6.76. The molecule has 3 aromatic heterocycles. The lowest BCUT2D eigenvalue weighted by molar-refractivity contribution is -0.0000268. The van der Waals surface area contributed by atoms with Crippen molar-refractivity contribution in [3.8, 4) is 6.07 Å². The molecule has 1 aliphatic rings. The van der Waals surface area contributed by atoms with Crippen LogP contribution in [0.4, 0.5) is 5.69 Å². The van der Waals surface area contributed by atoms with Crippen molar-refractivity contribution in [2.45, 2.75) is 58.1 Å². The molecule has 10 heteroatoms. The average molecular weight is 529 g/mol. The Hall–Kier alpha value is -4.39. The Morgan fingerprint density at radius 2 is 1.95 bits per heavy atom. The first kappa shape index (κ1) is 26.2. The molecule has 0 unspecified atom stereocenters. The third-order valence-electron chi connectivity index (χ3n) is 7.33. The van der Waals surface area contributed by atoms with E-state index in [1.54, 1.807) is 35.9 Å². The molecule has 1 aliphatic carbocycles. The van der Waals surface area contributed by atoms with Crippen molar-refractivity contribution >= 4 is 33.5 Å². The van der Waals surface area contributed by atoms with Crippen molar-refractivity contribution in [2.24, 2.45) is 18.1 Å². The van der Waals surface area contributed by atoms with E-state index in [1.807, 2.05) is 40.0 Å². The summed E-state index contributed by atoms with van der Waals surface area (Å²) < 4.78 is 7.03. The standard InChI is InChI=1S/C29H32N6O4/c1-29(2,3)39-33-25(20-7-6-8-21-27(20)38-28(37)32-21)17-9-12-19(13-10-17)34(4)23-15-24(36)35(5)22-14-11-18(16-30)31-26(22)23/h6-8,11,14-15,17,19H,9-10,12-13H2,1-5H3,(H,32,37)/b33-25-. The van der Waals surface area contributed by atoms with Crippen LogP contribution in [0.1, 0.15) is 57.7 Å². The zero-order valence-electron chi connectivity index (χ0n) is 22.8. The Labute approximate surface area is 225 Å². The van der Waals surface area contributed by atoms with Crippen LogP contribution in [0.2, 0.25) is 0 Å². The van der Waals surface area contributed by atoms with Crippen LogP contribution >= 0.6 is 0 Å². The zero-order valence-corrected chi connectivity index (χ0v) is 22.8. The highest BCUT2D eigenvalue weighted by atomic mass is 16.6. The summed E-state index contributed by atoms with van der Waals surface area (Å²) in [4.78, 5) is 39.9. The predicted molar refractivity (Wildman–Crippen MR) is 150 cm³/mol. The molecule has 0 radical (unpaired) electrons. The number of H-pyrrole nitrogens is 1. The largest absolute Gasteiger partial charge is 0.417 e. The molecule has 39 heavy (non-hydrogen) atoms.